The SMILES string of the molecule is CCc1c(C)sc2nc(CO)cn12. The summed E-state index contributed by atoms with van der Waals surface area (Å²) in [6, 6.07) is 0. The first-order valence-electron chi connectivity index (χ1n) is 4.33. The Morgan fingerprint density at radius 1 is 1.62 bits per heavy atom. The predicted octanol–water partition coefficient (Wildman–Crippen LogP) is 1.76. The van der Waals surface area contributed by atoms with Crippen molar-refractivity contribution in [1.82, 2.24) is 9.38 Å². The lowest BCUT2D eigenvalue weighted by Gasteiger charge is -1.94. The highest BCUT2D eigenvalue weighted by molar-refractivity contribution is 7.17. The van der Waals surface area contributed by atoms with Gasteiger partial charge in [-0.05, 0) is 13.3 Å². The van der Waals surface area contributed by atoms with Crippen molar-refractivity contribution in [3.05, 3.63) is 22.5 Å². The summed E-state index contributed by atoms with van der Waals surface area (Å²) in [5.74, 6) is 0. The molecule has 0 aliphatic rings. The van der Waals surface area contributed by atoms with Gasteiger partial charge in [-0.15, -0.1) is 11.3 Å². The minimum atomic E-state index is 0.0244. The van der Waals surface area contributed by atoms with Crippen LogP contribution in [0.4, 0.5) is 0 Å². The van der Waals surface area contributed by atoms with E-state index in [0.29, 0.717) is 0 Å². The molecule has 1 N–H and O–H groups in total. The third-order valence-corrected chi connectivity index (χ3v) is 3.17. The van der Waals surface area contributed by atoms with Crippen LogP contribution in [0.25, 0.3) is 4.96 Å². The van der Waals surface area contributed by atoms with Crippen LogP contribution in [0, 0.1) is 6.92 Å². The highest BCUT2D eigenvalue weighted by Gasteiger charge is 2.09. The van der Waals surface area contributed by atoms with Gasteiger partial charge in [0, 0.05) is 16.8 Å². The molecule has 0 radical (unpaired) electrons. The molecule has 2 heterocycles. The number of aromatic nitrogens is 2. The van der Waals surface area contributed by atoms with Crippen molar-refractivity contribution in [2.45, 2.75) is 26.9 Å². The minimum Gasteiger partial charge on any atom is -0.390 e. The van der Waals surface area contributed by atoms with Crippen molar-refractivity contribution in [2.75, 3.05) is 0 Å². The number of thiazole rings is 1. The summed E-state index contributed by atoms with van der Waals surface area (Å²) >= 11 is 1.68. The van der Waals surface area contributed by atoms with Crippen LogP contribution >= 0.6 is 11.3 Å². The molecule has 0 atom stereocenters. The maximum absolute atomic E-state index is 8.92. The van der Waals surface area contributed by atoms with E-state index < -0.39 is 0 Å². The first-order chi connectivity index (χ1) is 6.26. The van der Waals surface area contributed by atoms with Crippen molar-refractivity contribution in [1.29, 1.82) is 0 Å². The number of rotatable bonds is 2. The van der Waals surface area contributed by atoms with Gasteiger partial charge in [0.2, 0.25) is 0 Å². The van der Waals surface area contributed by atoms with E-state index >= 15 is 0 Å². The van der Waals surface area contributed by atoms with Crippen LogP contribution in [-0.2, 0) is 13.0 Å². The first kappa shape index (κ1) is 8.72. The highest BCUT2D eigenvalue weighted by atomic mass is 32.1. The predicted molar refractivity (Wildman–Crippen MR) is 53.1 cm³/mol. The van der Waals surface area contributed by atoms with Gasteiger partial charge in [0.15, 0.2) is 4.96 Å². The number of aliphatic hydroxyl groups is 1. The molecule has 2 rings (SSSR count). The number of nitrogens with zero attached hydrogens (tertiary/aromatic N) is 2. The Balaban J connectivity index is 2.66. The molecule has 4 heteroatoms. The number of aryl methyl sites for hydroxylation is 2. The van der Waals surface area contributed by atoms with Gasteiger partial charge in [0.1, 0.15) is 0 Å². The van der Waals surface area contributed by atoms with E-state index in [9.17, 15) is 0 Å². The van der Waals surface area contributed by atoms with E-state index in [1.165, 1.54) is 10.6 Å². The molecule has 0 unspecified atom stereocenters. The fourth-order valence-corrected chi connectivity index (χ4v) is 2.59. The third kappa shape index (κ3) is 1.26. The van der Waals surface area contributed by atoms with E-state index in [4.69, 9.17) is 5.11 Å². The molecule has 0 spiro atoms. The Kier molecular flexibility index (Phi) is 2.09. The maximum Gasteiger partial charge on any atom is 0.194 e. The molecule has 13 heavy (non-hydrogen) atoms. The smallest absolute Gasteiger partial charge is 0.194 e. The normalized spacial score (nSPS) is 11.3. The fourth-order valence-electron chi connectivity index (χ4n) is 1.54. The Morgan fingerprint density at radius 3 is 3.00 bits per heavy atom. The second kappa shape index (κ2) is 3.12. The molecule has 0 bridgehead atoms. The topological polar surface area (TPSA) is 37.5 Å². The van der Waals surface area contributed by atoms with Gasteiger partial charge in [0.05, 0.1) is 12.3 Å². The van der Waals surface area contributed by atoms with E-state index in [1.54, 1.807) is 11.3 Å². The van der Waals surface area contributed by atoms with Crippen molar-refractivity contribution in [2.24, 2.45) is 0 Å². The van der Waals surface area contributed by atoms with Gasteiger partial charge in [-0.25, -0.2) is 4.98 Å². The van der Waals surface area contributed by atoms with Crippen molar-refractivity contribution >= 4 is 16.3 Å². The van der Waals surface area contributed by atoms with Crippen LogP contribution in [0.5, 0.6) is 0 Å². The zero-order valence-corrected chi connectivity index (χ0v) is 8.56. The van der Waals surface area contributed by atoms with E-state index in [1.807, 2.05) is 6.20 Å². The quantitative estimate of drug-likeness (QED) is 0.794. The van der Waals surface area contributed by atoms with Crippen LogP contribution in [0.15, 0.2) is 6.20 Å². The average molecular weight is 196 g/mol. The molecule has 0 saturated carbocycles. The molecule has 2 aromatic rings. The van der Waals surface area contributed by atoms with Crippen LogP contribution < -0.4 is 0 Å². The van der Waals surface area contributed by atoms with E-state index in [0.717, 1.165) is 17.1 Å². The van der Waals surface area contributed by atoms with E-state index in [-0.39, 0.29) is 6.61 Å². The summed E-state index contributed by atoms with van der Waals surface area (Å²) < 4.78 is 2.07. The monoisotopic (exact) mass is 196 g/mol. The summed E-state index contributed by atoms with van der Waals surface area (Å²) in [7, 11) is 0. The lowest BCUT2D eigenvalue weighted by atomic mass is 10.3. The molecule has 2 aromatic heterocycles. The third-order valence-electron chi connectivity index (χ3n) is 2.16. The fraction of sp³-hybridized carbons (Fsp3) is 0.444. The van der Waals surface area contributed by atoms with E-state index in [2.05, 4.69) is 23.2 Å². The van der Waals surface area contributed by atoms with Crippen LogP contribution in [0.1, 0.15) is 23.2 Å². The average Bonchev–Trinajstić information content (AvgIpc) is 2.60. The Bertz CT molecular complexity index is 430. The van der Waals surface area contributed by atoms with Crippen molar-refractivity contribution < 1.29 is 5.11 Å². The zero-order chi connectivity index (χ0) is 9.42. The Morgan fingerprint density at radius 2 is 2.38 bits per heavy atom. The van der Waals surface area contributed by atoms with Crippen molar-refractivity contribution in [3.8, 4) is 0 Å². The number of imidazole rings is 1. The molecular weight excluding hydrogens is 184 g/mol. The van der Waals surface area contributed by atoms with Gasteiger partial charge in [-0.2, -0.15) is 0 Å². The summed E-state index contributed by atoms with van der Waals surface area (Å²) in [4.78, 5) is 6.59. The molecule has 0 aromatic carbocycles. The zero-order valence-electron chi connectivity index (χ0n) is 7.74. The summed E-state index contributed by atoms with van der Waals surface area (Å²) in [5, 5.41) is 8.92. The molecule has 0 aliphatic heterocycles. The number of fused-ring (bicyclic) bond motifs is 1. The van der Waals surface area contributed by atoms with Crippen LogP contribution in [0.3, 0.4) is 0 Å². The molecular formula is C9H12N2OS. The molecule has 0 saturated heterocycles. The van der Waals surface area contributed by atoms with Gasteiger partial charge < -0.3 is 5.11 Å². The van der Waals surface area contributed by atoms with Crippen molar-refractivity contribution in [3.63, 3.8) is 0 Å². The number of aliphatic hydroxyl groups excluding tert-OH is 1. The first-order valence-corrected chi connectivity index (χ1v) is 5.15. The van der Waals surface area contributed by atoms with Gasteiger partial charge in [-0.1, -0.05) is 6.92 Å². The summed E-state index contributed by atoms with van der Waals surface area (Å²) in [6.45, 7) is 4.26. The lowest BCUT2D eigenvalue weighted by molar-refractivity contribution is 0.277. The number of hydrogen-bond acceptors (Lipinski definition) is 3. The molecule has 0 fully saturated rings. The lowest BCUT2D eigenvalue weighted by Crippen LogP contribution is -1.89. The summed E-state index contributed by atoms with van der Waals surface area (Å²) in [6.07, 6.45) is 2.92. The second-order valence-electron chi connectivity index (χ2n) is 3.00. The van der Waals surface area contributed by atoms with Crippen LogP contribution in [-0.4, -0.2) is 14.5 Å². The largest absolute Gasteiger partial charge is 0.390 e. The van der Waals surface area contributed by atoms with Crippen LogP contribution in [0.2, 0.25) is 0 Å². The number of hydrogen-bond donors (Lipinski definition) is 1. The molecule has 3 nitrogen and oxygen atoms in total. The Hall–Kier alpha value is -0.870. The highest BCUT2D eigenvalue weighted by Crippen LogP contribution is 2.22. The summed E-state index contributed by atoms with van der Waals surface area (Å²) in [5.41, 5.74) is 2.05. The van der Waals surface area contributed by atoms with Gasteiger partial charge in [-0.3, -0.25) is 4.40 Å². The molecule has 70 valence electrons. The minimum absolute atomic E-state index is 0.0244. The second-order valence-corrected chi connectivity index (χ2v) is 4.18. The van der Waals surface area contributed by atoms with Gasteiger partial charge >= 0.3 is 0 Å². The molecule has 0 amide bonds. The van der Waals surface area contributed by atoms with Gasteiger partial charge in [0.25, 0.3) is 0 Å². The standard InChI is InChI=1S/C9H12N2OS/c1-3-8-6(2)13-9-10-7(5-12)4-11(8)9/h4,12H,3,5H2,1-2H3. The Labute approximate surface area is 80.7 Å². The molecule has 0 aliphatic carbocycles. The maximum atomic E-state index is 8.92.